The van der Waals surface area contributed by atoms with Gasteiger partial charge in [0, 0.05) is 24.8 Å². The van der Waals surface area contributed by atoms with Gasteiger partial charge in [-0.1, -0.05) is 6.07 Å². The van der Waals surface area contributed by atoms with E-state index < -0.39 is 0 Å². The van der Waals surface area contributed by atoms with Gasteiger partial charge < -0.3 is 5.73 Å². The van der Waals surface area contributed by atoms with E-state index in [0.717, 1.165) is 25.2 Å². The number of hydrogen-bond acceptors (Lipinski definition) is 3. The van der Waals surface area contributed by atoms with Gasteiger partial charge in [0.1, 0.15) is 0 Å². The Labute approximate surface area is 91.3 Å². The van der Waals surface area contributed by atoms with E-state index in [1.165, 1.54) is 6.42 Å². The Balaban J connectivity index is 2.04. The first-order chi connectivity index (χ1) is 7.27. The van der Waals surface area contributed by atoms with E-state index in [0.29, 0.717) is 12.1 Å². The van der Waals surface area contributed by atoms with Crippen molar-refractivity contribution >= 4 is 0 Å². The molecule has 2 N–H and O–H groups in total. The third-order valence-corrected chi connectivity index (χ3v) is 3.15. The zero-order valence-electron chi connectivity index (χ0n) is 9.26. The Bertz CT molecular complexity index is 299. The fourth-order valence-corrected chi connectivity index (χ4v) is 2.20. The van der Waals surface area contributed by atoms with Crippen molar-refractivity contribution in [1.82, 2.24) is 9.88 Å². The number of nitrogens with two attached hydrogens (primary N) is 1. The standard InChI is InChI=1S/C12H19N3/c1-10(12-6-2-3-7-14-12)15-8-4-5-11(13)9-15/h2-3,6-7,10-11H,4-5,8-9,13H2,1H3/t10-,11-/m1/s1. The minimum atomic E-state index is 0.338. The van der Waals surface area contributed by atoms with E-state index in [1.54, 1.807) is 0 Å². The number of pyridine rings is 1. The predicted octanol–water partition coefficient (Wildman–Crippen LogP) is 1.57. The van der Waals surface area contributed by atoms with Gasteiger partial charge in [-0.2, -0.15) is 0 Å². The van der Waals surface area contributed by atoms with E-state index in [2.05, 4.69) is 22.9 Å². The van der Waals surface area contributed by atoms with Crippen LogP contribution in [0.1, 0.15) is 31.5 Å². The summed E-state index contributed by atoms with van der Waals surface area (Å²) in [5, 5.41) is 0. The lowest BCUT2D eigenvalue weighted by Gasteiger charge is -2.35. The van der Waals surface area contributed by atoms with Crippen molar-refractivity contribution in [3.63, 3.8) is 0 Å². The molecule has 0 bridgehead atoms. The topological polar surface area (TPSA) is 42.2 Å². The van der Waals surface area contributed by atoms with Crippen LogP contribution in [-0.4, -0.2) is 29.0 Å². The van der Waals surface area contributed by atoms with Gasteiger partial charge in [-0.05, 0) is 38.4 Å². The molecule has 0 spiro atoms. The number of hydrogen-bond donors (Lipinski definition) is 1. The highest BCUT2D eigenvalue weighted by molar-refractivity contribution is 5.08. The van der Waals surface area contributed by atoms with Crippen LogP contribution in [0.2, 0.25) is 0 Å². The summed E-state index contributed by atoms with van der Waals surface area (Å²) in [5.41, 5.74) is 7.12. The monoisotopic (exact) mass is 205 g/mol. The largest absolute Gasteiger partial charge is 0.327 e. The molecule has 0 aromatic carbocycles. The molecule has 1 aliphatic rings. The lowest BCUT2D eigenvalue weighted by Crippen LogP contribution is -2.43. The maximum Gasteiger partial charge on any atom is 0.0572 e. The first-order valence-electron chi connectivity index (χ1n) is 5.68. The summed E-state index contributed by atoms with van der Waals surface area (Å²) in [6.45, 7) is 4.35. The molecule has 2 rings (SSSR count). The second-order valence-electron chi connectivity index (χ2n) is 4.33. The molecule has 0 radical (unpaired) electrons. The Kier molecular flexibility index (Phi) is 3.34. The second kappa shape index (κ2) is 4.73. The normalized spacial score (nSPS) is 25.1. The van der Waals surface area contributed by atoms with Crippen molar-refractivity contribution in [2.45, 2.75) is 31.8 Å². The van der Waals surface area contributed by atoms with Gasteiger partial charge in [0.15, 0.2) is 0 Å². The smallest absolute Gasteiger partial charge is 0.0572 e. The highest BCUT2D eigenvalue weighted by Crippen LogP contribution is 2.21. The fourth-order valence-electron chi connectivity index (χ4n) is 2.20. The summed E-state index contributed by atoms with van der Waals surface area (Å²) >= 11 is 0. The molecule has 0 aliphatic carbocycles. The van der Waals surface area contributed by atoms with Crippen molar-refractivity contribution in [3.05, 3.63) is 30.1 Å². The molecule has 0 saturated carbocycles. The fraction of sp³-hybridized carbons (Fsp3) is 0.583. The molecule has 1 aromatic heterocycles. The lowest BCUT2D eigenvalue weighted by molar-refractivity contribution is 0.157. The van der Waals surface area contributed by atoms with Crippen LogP contribution in [0.4, 0.5) is 0 Å². The molecule has 2 heterocycles. The minimum absolute atomic E-state index is 0.338. The summed E-state index contributed by atoms with van der Waals surface area (Å²) in [6, 6.07) is 6.81. The average molecular weight is 205 g/mol. The maximum absolute atomic E-state index is 5.98. The summed E-state index contributed by atoms with van der Waals surface area (Å²) < 4.78 is 0. The molecular formula is C12H19N3. The zero-order chi connectivity index (χ0) is 10.7. The van der Waals surface area contributed by atoms with Gasteiger partial charge in [0.2, 0.25) is 0 Å². The van der Waals surface area contributed by atoms with Crippen LogP contribution in [0.3, 0.4) is 0 Å². The SMILES string of the molecule is C[C@H](c1ccccn1)N1CCC[C@@H](N)C1. The minimum Gasteiger partial charge on any atom is -0.327 e. The van der Waals surface area contributed by atoms with E-state index in [4.69, 9.17) is 5.73 Å². The van der Waals surface area contributed by atoms with Gasteiger partial charge in [-0.25, -0.2) is 0 Å². The Hall–Kier alpha value is -0.930. The molecule has 0 unspecified atom stereocenters. The molecule has 82 valence electrons. The van der Waals surface area contributed by atoms with Crippen molar-refractivity contribution in [2.24, 2.45) is 5.73 Å². The number of piperidine rings is 1. The van der Waals surface area contributed by atoms with Crippen molar-refractivity contribution < 1.29 is 0 Å². The molecule has 1 fully saturated rings. The Morgan fingerprint density at radius 1 is 1.53 bits per heavy atom. The molecule has 3 nitrogen and oxygen atoms in total. The van der Waals surface area contributed by atoms with Crippen molar-refractivity contribution in [2.75, 3.05) is 13.1 Å². The molecular weight excluding hydrogens is 186 g/mol. The van der Waals surface area contributed by atoms with E-state index in [9.17, 15) is 0 Å². The van der Waals surface area contributed by atoms with Gasteiger partial charge in [-0.15, -0.1) is 0 Å². The first kappa shape index (κ1) is 10.6. The van der Waals surface area contributed by atoms with Crippen LogP contribution < -0.4 is 5.73 Å². The molecule has 2 atom stereocenters. The number of aromatic nitrogens is 1. The molecule has 1 aromatic rings. The van der Waals surface area contributed by atoms with Crippen LogP contribution in [-0.2, 0) is 0 Å². The molecule has 0 amide bonds. The van der Waals surface area contributed by atoms with Crippen LogP contribution in [0.25, 0.3) is 0 Å². The quantitative estimate of drug-likeness (QED) is 0.797. The summed E-state index contributed by atoms with van der Waals surface area (Å²) in [6.07, 6.45) is 4.22. The van der Waals surface area contributed by atoms with E-state index in [1.807, 2.05) is 18.3 Å². The Morgan fingerprint density at radius 3 is 3.07 bits per heavy atom. The molecule has 1 saturated heterocycles. The number of nitrogens with zero attached hydrogens (tertiary/aromatic N) is 2. The molecule has 1 aliphatic heterocycles. The summed E-state index contributed by atoms with van der Waals surface area (Å²) in [5.74, 6) is 0. The van der Waals surface area contributed by atoms with Crippen molar-refractivity contribution in [3.8, 4) is 0 Å². The number of likely N-dealkylation sites (tertiary alicyclic amines) is 1. The predicted molar refractivity (Wildman–Crippen MR) is 61.4 cm³/mol. The Morgan fingerprint density at radius 2 is 2.40 bits per heavy atom. The van der Waals surface area contributed by atoms with E-state index >= 15 is 0 Å². The van der Waals surface area contributed by atoms with Crippen LogP contribution in [0, 0.1) is 0 Å². The van der Waals surface area contributed by atoms with Gasteiger partial charge in [0.25, 0.3) is 0 Å². The summed E-state index contributed by atoms with van der Waals surface area (Å²) in [4.78, 5) is 6.82. The third-order valence-electron chi connectivity index (χ3n) is 3.15. The highest BCUT2D eigenvalue weighted by Gasteiger charge is 2.22. The molecule has 15 heavy (non-hydrogen) atoms. The van der Waals surface area contributed by atoms with Crippen LogP contribution in [0.5, 0.6) is 0 Å². The third kappa shape index (κ3) is 2.55. The average Bonchev–Trinajstić information content (AvgIpc) is 2.29. The number of rotatable bonds is 2. The van der Waals surface area contributed by atoms with Gasteiger partial charge in [0.05, 0.1) is 5.69 Å². The zero-order valence-corrected chi connectivity index (χ0v) is 9.26. The maximum atomic E-state index is 5.98. The summed E-state index contributed by atoms with van der Waals surface area (Å²) in [7, 11) is 0. The lowest BCUT2D eigenvalue weighted by atomic mass is 10.0. The van der Waals surface area contributed by atoms with Crippen LogP contribution in [0.15, 0.2) is 24.4 Å². The van der Waals surface area contributed by atoms with Gasteiger partial charge in [-0.3, -0.25) is 9.88 Å². The second-order valence-corrected chi connectivity index (χ2v) is 4.33. The van der Waals surface area contributed by atoms with Crippen LogP contribution >= 0.6 is 0 Å². The van der Waals surface area contributed by atoms with Gasteiger partial charge >= 0.3 is 0 Å². The first-order valence-corrected chi connectivity index (χ1v) is 5.68. The molecule has 3 heteroatoms. The van der Waals surface area contributed by atoms with E-state index in [-0.39, 0.29) is 0 Å². The van der Waals surface area contributed by atoms with Crippen molar-refractivity contribution in [1.29, 1.82) is 0 Å². The highest BCUT2D eigenvalue weighted by atomic mass is 15.2.